The van der Waals surface area contributed by atoms with Gasteiger partial charge in [0, 0.05) is 11.3 Å². The lowest BCUT2D eigenvalue weighted by molar-refractivity contribution is 0.565. The molecule has 1 aromatic heterocycles. The Morgan fingerprint density at radius 2 is 2.62 bits per heavy atom. The first-order valence-electron chi connectivity index (χ1n) is 2.43. The van der Waals surface area contributed by atoms with Crippen LogP contribution >= 0.6 is 11.8 Å². The zero-order chi connectivity index (χ0) is 5.82. The number of thioether (sulfide) groups is 1. The quantitative estimate of drug-likeness (QED) is 0.605. The molecule has 1 heterocycles. The van der Waals surface area contributed by atoms with Gasteiger partial charge in [-0.25, -0.2) is 0 Å². The predicted octanol–water partition coefficient (Wildman–Crippen LogP) is 2.14. The molecule has 2 heteroatoms. The Hall–Kier alpha value is -0.370. The van der Waals surface area contributed by atoms with E-state index in [0.29, 0.717) is 0 Å². The third-order valence-electron chi connectivity index (χ3n) is 0.891. The van der Waals surface area contributed by atoms with Gasteiger partial charge in [-0.05, 0) is 12.3 Å². The third kappa shape index (κ3) is 1.30. The van der Waals surface area contributed by atoms with Crippen molar-refractivity contribution in [2.45, 2.75) is 5.75 Å². The average molecular weight is 128 g/mol. The minimum absolute atomic E-state index is 1.05. The molecule has 8 heavy (non-hydrogen) atoms. The van der Waals surface area contributed by atoms with Gasteiger partial charge >= 0.3 is 0 Å². The molecular weight excluding hydrogens is 120 g/mol. The molecule has 1 nitrogen and oxygen atoms in total. The first-order valence-corrected chi connectivity index (χ1v) is 3.83. The molecule has 0 aliphatic carbocycles. The van der Waals surface area contributed by atoms with Crippen LogP contribution in [-0.4, -0.2) is 6.26 Å². The molecule has 0 amide bonds. The van der Waals surface area contributed by atoms with Gasteiger partial charge in [0.1, 0.15) is 0 Å². The van der Waals surface area contributed by atoms with E-state index in [1.807, 2.05) is 6.07 Å². The molecule has 0 aliphatic heterocycles. The summed E-state index contributed by atoms with van der Waals surface area (Å²) in [6.45, 7) is 0. The first-order chi connectivity index (χ1) is 3.93. The molecule has 0 N–H and O–H groups in total. The van der Waals surface area contributed by atoms with E-state index in [-0.39, 0.29) is 0 Å². The number of rotatable bonds is 2. The highest BCUT2D eigenvalue weighted by Gasteiger charge is 1.88. The molecule has 1 rings (SSSR count). The van der Waals surface area contributed by atoms with Crippen molar-refractivity contribution in [1.29, 1.82) is 0 Å². The molecule has 0 saturated heterocycles. The summed E-state index contributed by atoms with van der Waals surface area (Å²) in [6, 6.07) is 1.98. The monoisotopic (exact) mass is 128 g/mol. The van der Waals surface area contributed by atoms with Gasteiger partial charge in [-0.1, -0.05) is 0 Å². The fourth-order valence-electron chi connectivity index (χ4n) is 0.541. The summed E-state index contributed by atoms with van der Waals surface area (Å²) in [5.41, 5.74) is 1.26. The van der Waals surface area contributed by atoms with E-state index < -0.39 is 0 Å². The van der Waals surface area contributed by atoms with Crippen molar-refractivity contribution >= 4 is 11.8 Å². The summed E-state index contributed by atoms with van der Waals surface area (Å²) in [4.78, 5) is 0. The van der Waals surface area contributed by atoms with Crippen LogP contribution < -0.4 is 0 Å². The molecule has 0 saturated carbocycles. The molecule has 0 fully saturated rings. The molecule has 0 aliphatic rings. The molecule has 1 aromatic rings. The van der Waals surface area contributed by atoms with E-state index in [4.69, 9.17) is 4.42 Å². The van der Waals surface area contributed by atoms with Crippen LogP contribution in [0.5, 0.6) is 0 Å². The number of hydrogen-bond donors (Lipinski definition) is 0. The summed E-state index contributed by atoms with van der Waals surface area (Å²) in [6.07, 6.45) is 5.55. The van der Waals surface area contributed by atoms with Gasteiger partial charge in [0.2, 0.25) is 0 Å². The van der Waals surface area contributed by atoms with Crippen molar-refractivity contribution in [2.75, 3.05) is 6.26 Å². The summed E-state index contributed by atoms with van der Waals surface area (Å²) < 4.78 is 4.85. The zero-order valence-electron chi connectivity index (χ0n) is 4.76. The highest BCUT2D eigenvalue weighted by atomic mass is 32.2. The SMILES string of the molecule is CSCc1ccoc1. The Kier molecular flexibility index (Phi) is 2.03. The van der Waals surface area contributed by atoms with Crippen molar-refractivity contribution in [1.82, 2.24) is 0 Å². The highest BCUT2D eigenvalue weighted by Crippen LogP contribution is 2.07. The lowest BCUT2D eigenvalue weighted by atomic mass is 10.4. The van der Waals surface area contributed by atoms with Crippen molar-refractivity contribution in [2.24, 2.45) is 0 Å². The van der Waals surface area contributed by atoms with Crippen LogP contribution in [0.3, 0.4) is 0 Å². The number of hydrogen-bond acceptors (Lipinski definition) is 2. The van der Waals surface area contributed by atoms with Crippen LogP contribution in [0.2, 0.25) is 0 Å². The predicted molar refractivity (Wildman–Crippen MR) is 35.9 cm³/mol. The van der Waals surface area contributed by atoms with E-state index in [1.165, 1.54) is 5.56 Å². The normalized spacial score (nSPS) is 9.62. The van der Waals surface area contributed by atoms with Gasteiger partial charge in [-0.2, -0.15) is 11.8 Å². The number of furan rings is 1. The molecule has 0 radical (unpaired) electrons. The third-order valence-corrected chi connectivity index (χ3v) is 1.51. The van der Waals surface area contributed by atoms with Crippen LogP contribution in [0.25, 0.3) is 0 Å². The Labute approximate surface area is 53.1 Å². The summed E-state index contributed by atoms with van der Waals surface area (Å²) in [5, 5.41) is 0. The Morgan fingerprint density at radius 1 is 1.75 bits per heavy atom. The fourth-order valence-corrected chi connectivity index (χ4v) is 1.04. The Bertz CT molecular complexity index is 134. The Morgan fingerprint density at radius 3 is 3.12 bits per heavy atom. The average Bonchev–Trinajstić information content (AvgIpc) is 2.19. The standard InChI is InChI=1S/C6H8OS/c1-8-5-6-2-3-7-4-6/h2-4H,5H2,1H3. The molecular formula is C6H8OS. The van der Waals surface area contributed by atoms with Gasteiger partial charge in [-0.15, -0.1) is 0 Å². The summed E-state index contributed by atoms with van der Waals surface area (Å²) in [7, 11) is 0. The van der Waals surface area contributed by atoms with Gasteiger partial charge < -0.3 is 4.42 Å². The largest absolute Gasteiger partial charge is 0.472 e. The molecule has 0 spiro atoms. The van der Waals surface area contributed by atoms with Crippen molar-refractivity contribution in [3.8, 4) is 0 Å². The maximum absolute atomic E-state index is 4.85. The summed E-state index contributed by atoms with van der Waals surface area (Å²) in [5.74, 6) is 1.05. The smallest absolute Gasteiger partial charge is 0.0942 e. The van der Waals surface area contributed by atoms with Gasteiger partial charge in [0.25, 0.3) is 0 Å². The molecule has 0 atom stereocenters. The lowest BCUT2D eigenvalue weighted by Crippen LogP contribution is -1.68. The van der Waals surface area contributed by atoms with Crippen LogP contribution in [-0.2, 0) is 5.75 Å². The van der Waals surface area contributed by atoms with Crippen LogP contribution in [0.4, 0.5) is 0 Å². The molecule has 0 bridgehead atoms. The maximum atomic E-state index is 4.85. The van der Waals surface area contributed by atoms with Crippen molar-refractivity contribution < 1.29 is 4.42 Å². The van der Waals surface area contributed by atoms with E-state index >= 15 is 0 Å². The van der Waals surface area contributed by atoms with Gasteiger partial charge in [0.05, 0.1) is 12.5 Å². The minimum Gasteiger partial charge on any atom is -0.472 e. The second-order valence-corrected chi connectivity index (χ2v) is 2.43. The van der Waals surface area contributed by atoms with E-state index in [0.717, 1.165) is 5.75 Å². The van der Waals surface area contributed by atoms with E-state index in [9.17, 15) is 0 Å². The maximum Gasteiger partial charge on any atom is 0.0942 e. The van der Waals surface area contributed by atoms with Crippen molar-refractivity contribution in [3.63, 3.8) is 0 Å². The van der Waals surface area contributed by atoms with E-state index in [1.54, 1.807) is 24.3 Å². The minimum atomic E-state index is 1.05. The van der Waals surface area contributed by atoms with Gasteiger partial charge in [0.15, 0.2) is 0 Å². The Balaban J connectivity index is 2.50. The van der Waals surface area contributed by atoms with Crippen LogP contribution in [0, 0.1) is 0 Å². The fraction of sp³-hybridized carbons (Fsp3) is 0.333. The van der Waals surface area contributed by atoms with E-state index in [2.05, 4.69) is 6.26 Å². The van der Waals surface area contributed by atoms with Crippen molar-refractivity contribution in [3.05, 3.63) is 24.2 Å². The van der Waals surface area contributed by atoms with Crippen LogP contribution in [0.15, 0.2) is 23.0 Å². The topological polar surface area (TPSA) is 13.1 Å². The lowest BCUT2D eigenvalue weighted by Gasteiger charge is -1.84. The zero-order valence-corrected chi connectivity index (χ0v) is 5.57. The van der Waals surface area contributed by atoms with Crippen LogP contribution in [0.1, 0.15) is 5.56 Å². The van der Waals surface area contributed by atoms with Gasteiger partial charge in [-0.3, -0.25) is 0 Å². The molecule has 0 aromatic carbocycles. The highest BCUT2D eigenvalue weighted by molar-refractivity contribution is 7.97. The first kappa shape index (κ1) is 5.76. The molecule has 44 valence electrons. The molecule has 0 unspecified atom stereocenters. The second-order valence-electron chi connectivity index (χ2n) is 1.56. The second kappa shape index (κ2) is 2.82. The summed E-state index contributed by atoms with van der Waals surface area (Å²) >= 11 is 1.80.